The molecule has 2 nitrogen and oxygen atoms in total. The van der Waals surface area contributed by atoms with Gasteiger partial charge in [-0.25, -0.2) is 4.79 Å². The standard InChI is InChI=1S/C17H20F2O2Si/c1-5-21-16(20)17(18,19)13-15(11-12-22(2,3)4)14-9-7-6-8-10-14/h6-10,13H,5H2,1-4H3/b15-13-. The number of allylic oxidation sites excluding steroid dienone is 1. The average molecular weight is 322 g/mol. The van der Waals surface area contributed by atoms with Gasteiger partial charge in [-0.15, -0.1) is 5.54 Å². The average Bonchev–Trinajstić information content (AvgIpc) is 2.43. The Bertz CT molecular complexity index is 605. The molecule has 0 amide bonds. The number of halogens is 2. The normalized spacial score (nSPS) is 12.4. The largest absolute Gasteiger partial charge is 0.461 e. The molecule has 0 atom stereocenters. The molecule has 118 valence electrons. The number of alkyl halides is 2. The summed E-state index contributed by atoms with van der Waals surface area (Å²) in [4.78, 5) is 11.4. The van der Waals surface area contributed by atoms with Crippen molar-refractivity contribution in [2.75, 3.05) is 6.61 Å². The van der Waals surface area contributed by atoms with Crippen LogP contribution in [-0.2, 0) is 9.53 Å². The molecule has 1 rings (SSSR count). The highest BCUT2D eigenvalue weighted by molar-refractivity contribution is 6.84. The third-order valence-corrected chi connectivity index (χ3v) is 3.41. The second kappa shape index (κ2) is 7.37. The second-order valence-electron chi connectivity index (χ2n) is 5.77. The molecule has 0 spiro atoms. The van der Waals surface area contributed by atoms with Gasteiger partial charge in [0.05, 0.1) is 6.61 Å². The lowest BCUT2D eigenvalue weighted by atomic mass is 10.0. The van der Waals surface area contributed by atoms with Gasteiger partial charge in [0.1, 0.15) is 8.07 Å². The fourth-order valence-corrected chi connectivity index (χ4v) is 2.04. The van der Waals surface area contributed by atoms with E-state index in [0.29, 0.717) is 11.6 Å². The van der Waals surface area contributed by atoms with Crippen LogP contribution in [-0.4, -0.2) is 26.6 Å². The Hall–Kier alpha value is -1.93. The molecule has 1 aromatic carbocycles. The fraction of sp³-hybridized carbons (Fsp3) is 0.353. The Morgan fingerprint density at radius 2 is 1.86 bits per heavy atom. The molecule has 0 aliphatic heterocycles. The van der Waals surface area contributed by atoms with Crippen molar-refractivity contribution in [3.05, 3.63) is 42.0 Å². The number of benzene rings is 1. The van der Waals surface area contributed by atoms with Gasteiger partial charge in [-0.3, -0.25) is 0 Å². The van der Waals surface area contributed by atoms with Gasteiger partial charge in [0.15, 0.2) is 0 Å². The SMILES string of the molecule is CCOC(=O)C(F)(F)/C=C(/C#C[Si](C)(C)C)c1ccccc1. The molecule has 1 aromatic rings. The lowest BCUT2D eigenvalue weighted by molar-refractivity contribution is -0.164. The van der Waals surface area contributed by atoms with Gasteiger partial charge in [-0.2, -0.15) is 8.78 Å². The number of carbonyl (C=O) groups is 1. The maximum atomic E-state index is 14.0. The van der Waals surface area contributed by atoms with E-state index in [0.717, 1.165) is 0 Å². The van der Waals surface area contributed by atoms with Crippen LogP contribution in [0.2, 0.25) is 19.6 Å². The zero-order chi connectivity index (χ0) is 16.8. The van der Waals surface area contributed by atoms with Crippen molar-refractivity contribution in [3.63, 3.8) is 0 Å². The van der Waals surface area contributed by atoms with Crippen molar-refractivity contribution in [2.45, 2.75) is 32.5 Å². The molecule has 0 saturated heterocycles. The fourth-order valence-electron chi connectivity index (χ4n) is 1.53. The van der Waals surface area contributed by atoms with E-state index in [-0.39, 0.29) is 12.2 Å². The molecule has 0 aromatic heterocycles. The van der Waals surface area contributed by atoms with Crippen LogP contribution in [0.15, 0.2) is 36.4 Å². The smallest absolute Gasteiger partial charge is 0.381 e. The first kappa shape index (κ1) is 18.1. The van der Waals surface area contributed by atoms with Crippen molar-refractivity contribution in [2.24, 2.45) is 0 Å². The highest BCUT2D eigenvalue weighted by atomic mass is 28.3. The summed E-state index contributed by atoms with van der Waals surface area (Å²) < 4.78 is 32.3. The Morgan fingerprint density at radius 3 is 2.36 bits per heavy atom. The predicted molar refractivity (Wildman–Crippen MR) is 87.1 cm³/mol. The van der Waals surface area contributed by atoms with E-state index in [1.165, 1.54) is 6.92 Å². The predicted octanol–water partition coefficient (Wildman–Crippen LogP) is 4.15. The molecule has 0 bridgehead atoms. The van der Waals surface area contributed by atoms with Gasteiger partial charge in [-0.1, -0.05) is 55.9 Å². The van der Waals surface area contributed by atoms with Crippen LogP contribution < -0.4 is 0 Å². The molecular formula is C17H20F2O2Si. The third-order valence-electron chi connectivity index (χ3n) is 2.53. The van der Waals surface area contributed by atoms with E-state index in [1.807, 2.05) is 19.6 Å². The summed E-state index contributed by atoms with van der Waals surface area (Å²) >= 11 is 0. The molecule has 0 radical (unpaired) electrons. The number of hydrogen-bond acceptors (Lipinski definition) is 2. The molecule has 0 aliphatic rings. The van der Waals surface area contributed by atoms with E-state index < -0.39 is 20.0 Å². The van der Waals surface area contributed by atoms with Crippen LogP contribution in [0.25, 0.3) is 5.57 Å². The molecule has 0 N–H and O–H groups in total. The van der Waals surface area contributed by atoms with E-state index >= 15 is 0 Å². The molecule has 0 heterocycles. The van der Waals surface area contributed by atoms with Gasteiger partial charge in [-0.05, 0) is 12.5 Å². The van der Waals surface area contributed by atoms with E-state index in [9.17, 15) is 13.6 Å². The Labute approximate surface area is 131 Å². The Morgan fingerprint density at radius 1 is 1.27 bits per heavy atom. The van der Waals surface area contributed by atoms with Crippen LogP contribution in [0, 0.1) is 11.5 Å². The third kappa shape index (κ3) is 5.82. The van der Waals surface area contributed by atoms with Gasteiger partial charge in [0, 0.05) is 11.6 Å². The first-order valence-corrected chi connectivity index (χ1v) is 10.5. The lowest BCUT2D eigenvalue weighted by Gasteiger charge is -2.12. The maximum Gasteiger partial charge on any atom is 0.381 e. The number of carbonyl (C=O) groups excluding carboxylic acids is 1. The first-order valence-electron chi connectivity index (χ1n) is 7.02. The monoisotopic (exact) mass is 322 g/mol. The van der Waals surface area contributed by atoms with Gasteiger partial charge in [0.2, 0.25) is 0 Å². The second-order valence-corrected chi connectivity index (χ2v) is 10.5. The highest BCUT2D eigenvalue weighted by Crippen LogP contribution is 2.24. The zero-order valence-electron chi connectivity index (χ0n) is 13.2. The summed E-state index contributed by atoms with van der Waals surface area (Å²) in [6.45, 7) is 7.45. The molecule has 0 aliphatic carbocycles. The number of ether oxygens (including phenoxy) is 1. The van der Waals surface area contributed by atoms with Crippen LogP contribution in [0.5, 0.6) is 0 Å². The lowest BCUT2D eigenvalue weighted by Crippen LogP contribution is -2.28. The topological polar surface area (TPSA) is 26.3 Å². The molecule has 5 heteroatoms. The highest BCUT2D eigenvalue weighted by Gasteiger charge is 2.38. The van der Waals surface area contributed by atoms with E-state index in [4.69, 9.17) is 0 Å². The number of rotatable bonds is 4. The minimum atomic E-state index is -3.70. The summed E-state index contributed by atoms with van der Waals surface area (Å²) in [6, 6.07) is 8.64. The van der Waals surface area contributed by atoms with Crippen LogP contribution >= 0.6 is 0 Å². The molecule has 0 unspecified atom stereocenters. The number of esters is 1. The van der Waals surface area contributed by atoms with Crippen LogP contribution in [0.4, 0.5) is 8.78 Å². The minimum absolute atomic E-state index is 0.0937. The Balaban J connectivity index is 3.28. The van der Waals surface area contributed by atoms with Crippen molar-refractivity contribution < 1.29 is 18.3 Å². The van der Waals surface area contributed by atoms with Crippen molar-refractivity contribution in [1.82, 2.24) is 0 Å². The summed E-state index contributed by atoms with van der Waals surface area (Å²) in [5.41, 5.74) is 3.74. The number of hydrogen-bond donors (Lipinski definition) is 0. The molecule has 0 saturated carbocycles. The maximum absolute atomic E-state index is 14.0. The summed E-state index contributed by atoms with van der Waals surface area (Å²) in [6.07, 6.45) is 0.591. The molecular weight excluding hydrogens is 302 g/mol. The molecule has 0 fully saturated rings. The van der Waals surface area contributed by atoms with E-state index in [1.54, 1.807) is 30.3 Å². The van der Waals surface area contributed by atoms with Gasteiger partial charge >= 0.3 is 11.9 Å². The Kier molecular flexibility index (Phi) is 6.07. The minimum Gasteiger partial charge on any atom is -0.461 e. The van der Waals surface area contributed by atoms with Crippen LogP contribution in [0.1, 0.15) is 12.5 Å². The van der Waals surface area contributed by atoms with Gasteiger partial charge in [0.25, 0.3) is 0 Å². The summed E-state index contributed by atoms with van der Waals surface area (Å²) in [7, 11) is -1.73. The molecule has 22 heavy (non-hydrogen) atoms. The summed E-state index contributed by atoms with van der Waals surface area (Å²) in [5, 5.41) is 0. The van der Waals surface area contributed by atoms with Crippen molar-refractivity contribution in [1.29, 1.82) is 0 Å². The van der Waals surface area contributed by atoms with Crippen molar-refractivity contribution in [3.8, 4) is 11.5 Å². The summed E-state index contributed by atoms with van der Waals surface area (Å²) in [5.74, 6) is -2.44. The quantitative estimate of drug-likeness (QED) is 0.473. The van der Waals surface area contributed by atoms with Crippen LogP contribution in [0.3, 0.4) is 0 Å². The zero-order valence-corrected chi connectivity index (χ0v) is 14.2. The van der Waals surface area contributed by atoms with Gasteiger partial charge < -0.3 is 4.74 Å². The van der Waals surface area contributed by atoms with E-state index in [2.05, 4.69) is 16.2 Å². The van der Waals surface area contributed by atoms with Crippen molar-refractivity contribution >= 4 is 19.6 Å². The first-order chi connectivity index (χ1) is 10.2.